The van der Waals surface area contributed by atoms with Crippen molar-refractivity contribution in [3.8, 4) is 0 Å². The maximum absolute atomic E-state index is 12.9. The number of hydrogen-bond acceptors (Lipinski definition) is 4. The van der Waals surface area contributed by atoms with Crippen LogP contribution < -0.4 is 5.32 Å². The van der Waals surface area contributed by atoms with Gasteiger partial charge in [0.2, 0.25) is 5.91 Å². The molecule has 1 aliphatic rings. The topological polar surface area (TPSA) is 61.9 Å². The summed E-state index contributed by atoms with van der Waals surface area (Å²) >= 11 is 0. The van der Waals surface area contributed by atoms with Crippen molar-refractivity contribution in [1.29, 1.82) is 0 Å². The monoisotopic (exact) mass is 381 g/mol. The Balaban J connectivity index is 1.74. The highest BCUT2D eigenvalue weighted by atomic mass is 16.5. The van der Waals surface area contributed by atoms with Crippen LogP contribution in [0.2, 0.25) is 0 Å². The molecule has 0 aliphatic carbocycles. The average Bonchev–Trinajstić information content (AvgIpc) is 2.68. The Hall–Kier alpha value is -2.70. The summed E-state index contributed by atoms with van der Waals surface area (Å²) in [6.07, 6.45) is 0.0345. The standard InChI is InChI=1S/C22H27N3O3/c1-16-15-25(12-13-28-16)22(27)18-10-7-11-19(14-18)23-21(26)20(24(2)3)17-8-5-4-6-9-17/h4-11,14,16,20H,12-13,15H2,1-3H3,(H,23,26). The van der Waals surface area contributed by atoms with E-state index in [0.29, 0.717) is 30.9 Å². The number of nitrogens with one attached hydrogen (secondary N) is 1. The zero-order valence-corrected chi connectivity index (χ0v) is 16.6. The van der Waals surface area contributed by atoms with Crippen molar-refractivity contribution in [2.45, 2.75) is 19.1 Å². The van der Waals surface area contributed by atoms with E-state index in [1.807, 2.05) is 56.3 Å². The maximum Gasteiger partial charge on any atom is 0.254 e. The molecule has 2 amide bonds. The Morgan fingerprint density at radius 1 is 1.14 bits per heavy atom. The van der Waals surface area contributed by atoms with Crippen LogP contribution >= 0.6 is 0 Å². The number of morpholine rings is 1. The third-order valence-electron chi connectivity index (χ3n) is 4.79. The summed E-state index contributed by atoms with van der Waals surface area (Å²) in [6.45, 7) is 3.66. The summed E-state index contributed by atoms with van der Waals surface area (Å²) in [5, 5.41) is 2.95. The first kappa shape index (κ1) is 20.0. The van der Waals surface area contributed by atoms with E-state index in [1.165, 1.54) is 0 Å². The molecule has 0 radical (unpaired) electrons. The first-order valence-electron chi connectivity index (χ1n) is 9.49. The second kappa shape index (κ2) is 8.99. The molecule has 6 nitrogen and oxygen atoms in total. The van der Waals surface area contributed by atoms with Crippen LogP contribution in [0, 0.1) is 0 Å². The Morgan fingerprint density at radius 2 is 1.89 bits per heavy atom. The van der Waals surface area contributed by atoms with Crippen LogP contribution in [0.15, 0.2) is 54.6 Å². The van der Waals surface area contributed by atoms with E-state index in [9.17, 15) is 9.59 Å². The van der Waals surface area contributed by atoms with Crippen molar-refractivity contribution in [1.82, 2.24) is 9.80 Å². The maximum atomic E-state index is 12.9. The SMILES string of the molecule is CC1CN(C(=O)c2cccc(NC(=O)C(c3ccccc3)N(C)C)c2)CCO1. The molecule has 1 fully saturated rings. The Kier molecular flexibility index (Phi) is 6.44. The van der Waals surface area contributed by atoms with E-state index < -0.39 is 6.04 Å². The molecule has 2 aromatic carbocycles. The normalized spacial score (nSPS) is 18.0. The summed E-state index contributed by atoms with van der Waals surface area (Å²) in [4.78, 5) is 29.4. The fourth-order valence-corrected chi connectivity index (χ4v) is 3.45. The van der Waals surface area contributed by atoms with E-state index in [4.69, 9.17) is 4.74 Å². The number of amides is 2. The van der Waals surface area contributed by atoms with E-state index in [-0.39, 0.29) is 17.9 Å². The van der Waals surface area contributed by atoms with E-state index in [1.54, 1.807) is 29.2 Å². The van der Waals surface area contributed by atoms with Gasteiger partial charge in [-0.15, -0.1) is 0 Å². The lowest BCUT2D eigenvalue weighted by Gasteiger charge is -2.31. The number of benzene rings is 2. The number of rotatable bonds is 5. The molecular weight excluding hydrogens is 354 g/mol. The van der Waals surface area contributed by atoms with Crippen molar-refractivity contribution < 1.29 is 14.3 Å². The van der Waals surface area contributed by atoms with Crippen molar-refractivity contribution in [3.05, 3.63) is 65.7 Å². The van der Waals surface area contributed by atoms with Gasteiger partial charge in [-0.3, -0.25) is 14.5 Å². The highest BCUT2D eigenvalue weighted by Crippen LogP contribution is 2.21. The minimum Gasteiger partial charge on any atom is -0.375 e. The Labute approximate surface area is 166 Å². The number of nitrogens with zero attached hydrogens (tertiary/aromatic N) is 2. The second-order valence-electron chi connectivity index (χ2n) is 7.28. The molecule has 2 unspecified atom stereocenters. The quantitative estimate of drug-likeness (QED) is 0.865. The van der Waals surface area contributed by atoms with Gasteiger partial charge >= 0.3 is 0 Å². The van der Waals surface area contributed by atoms with E-state index in [2.05, 4.69) is 5.32 Å². The molecule has 0 spiro atoms. The van der Waals surface area contributed by atoms with Crippen molar-refractivity contribution in [3.63, 3.8) is 0 Å². The summed E-state index contributed by atoms with van der Waals surface area (Å²) in [5.74, 6) is -0.181. The van der Waals surface area contributed by atoms with Gasteiger partial charge in [0.25, 0.3) is 5.91 Å². The lowest BCUT2D eigenvalue weighted by molar-refractivity contribution is -0.120. The summed E-state index contributed by atoms with van der Waals surface area (Å²) < 4.78 is 5.51. The summed E-state index contributed by atoms with van der Waals surface area (Å²) in [5.41, 5.74) is 2.09. The van der Waals surface area contributed by atoms with Gasteiger partial charge < -0.3 is 15.0 Å². The molecule has 1 heterocycles. The lowest BCUT2D eigenvalue weighted by Crippen LogP contribution is -2.44. The van der Waals surface area contributed by atoms with Gasteiger partial charge in [-0.2, -0.15) is 0 Å². The zero-order valence-electron chi connectivity index (χ0n) is 16.6. The zero-order chi connectivity index (χ0) is 20.1. The number of ether oxygens (including phenoxy) is 1. The molecule has 28 heavy (non-hydrogen) atoms. The minimum absolute atomic E-state index is 0.0345. The molecule has 1 N–H and O–H groups in total. The van der Waals surface area contributed by atoms with Crippen molar-refractivity contribution in [2.75, 3.05) is 39.1 Å². The van der Waals surface area contributed by atoms with Gasteiger partial charge in [0.15, 0.2) is 0 Å². The number of anilines is 1. The van der Waals surface area contributed by atoms with E-state index >= 15 is 0 Å². The molecular formula is C22H27N3O3. The number of carbonyl (C=O) groups excluding carboxylic acids is 2. The fourth-order valence-electron chi connectivity index (χ4n) is 3.45. The third-order valence-corrected chi connectivity index (χ3v) is 4.79. The first-order chi connectivity index (χ1) is 13.5. The Morgan fingerprint density at radius 3 is 2.57 bits per heavy atom. The molecule has 1 aliphatic heterocycles. The van der Waals surface area contributed by atoms with Gasteiger partial charge in [0.1, 0.15) is 6.04 Å². The van der Waals surface area contributed by atoms with E-state index in [0.717, 1.165) is 5.56 Å². The number of carbonyl (C=O) groups is 2. The predicted octanol–water partition coefficient (Wildman–Crippen LogP) is 2.79. The summed E-state index contributed by atoms with van der Waals surface area (Å²) in [7, 11) is 3.74. The van der Waals surface area contributed by atoms with Gasteiger partial charge in [-0.25, -0.2) is 0 Å². The third kappa shape index (κ3) is 4.77. The molecule has 1 saturated heterocycles. The average molecular weight is 381 g/mol. The van der Waals surface area contributed by atoms with Gasteiger partial charge in [-0.05, 0) is 44.8 Å². The van der Waals surface area contributed by atoms with Gasteiger partial charge in [0.05, 0.1) is 12.7 Å². The van der Waals surface area contributed by atoms with Crippen LogP contribution in [-0.2, 0) is 9.53 Å². The van der Waals surface area contributed by atoms with Crippen LogP contribution in [0.25, 0.3) is 0 Å². The van der Waals surface area contributed by atoms with Crippen molar-refractivity contribution in [2.24, 2.45) is 0 Å². The van der Waals surface area contributed by atoms with Crippen LogP contribution in [0.3, 0.4) is 0 Å². The van der Waals surface area contributed by atoms with Crippen LogP contribution in [-0.4, -0.2) is 61.5 Å². The van der Waals surface area contributed by atoms with Crippen molar-refractivity contribution >= 4 is 17.5 Å². The lowest BCUT2D eigenvalue weighted by atomic mass is 10.0. The molecule has 2 atom stereocenters. The molecule has 0 bridgehead atoms. The summed E-state index contributed by atoms with van der Waals surface area (Å²) in [6, 6.07) is 16.3. The second-order valence-corrected chi connectivity index (χ2v) is 7.28. The fraction of sp³-hybridized carbons (Fsp3) is 0.364. The molecule has 148 valence electrons. The molecule has 0 aromatic heterocycles. The number of hydrogen-bond donors (Lipinski definition) is 1. The molecule has 3 rings (SSSR count). The van der Waals surface area contributed by atoms with Crippen LogP contribution in [0.5, 0.6) is 0 Å². The minimum atomic E-state index is -0.416. The highest BCUT2D eigenvalue weighted by molar-refractivity contribution is 5.99. The Bertz CT molecular complexity index is 823. The smallest absolute Gasteiger partial charge is 0.254 e. The number of likely N-dealkylation sites (N-methyl/N-ethyl adjacent to an activating group) is 1. The molecule has 2 aromatic rings. The molecule has 0 saturated carbocycles. The largest absolute Gasteiger partial charge is 0.375 e. The first-order valence-corrected chi connectivity index (χ1v) is 9.49. The highest BCUT2D eigenvalue weighted by Gasteiger charge is 2.24. The van der Waals surface area contributed by atoms with Crippen LogP contribution in [0.1, 0.15) is 28.9 Å². The van der Waals surface area contributed by atoms with Gasteiger partial charge in [-0.1, -0.05) is 36.4 Å². The van der Waals surface area contributed by atoms with Gasteiger partial charge in [0, 0.05) is 24.3 Å². The predicted molar refractivity (Wildman–Crippen MR) is 109 cm³/mol. The van der Waals surface area contributed by atoms with Crippen LogP contribution in [0.4, 0.5) is 5.69 Å². The molecule has 6 heteroatoms.